The summed E-state index contributed by atoms with van der Waals surface area (Å²) in [5.41, 5.74) is 0.844. The molecule has 1 aromatic carbocycles. The molecular weight excluding hydrogens is 350 g/mol. The third-order valence-corrected chi connectivity index (χ3v) is 4.39. The average molecular weight is 377 g/mol. The second kappa shape index (κ2) is 9.80. The van der Waals surface area contributed by atoms with Crippen LogP contribution >= 0.6 is 0 Å². The molecule has 0 radical (unpaired) electrons. The molecule has 1 aromatic rings. The Bertz CT molecular complexity index is 654. The molecule has 27 heavy (non-hydrogen) atoms. The van der Waals surface area contributed by atoms with E-state index in [1.54, 1.807) is 42.9 Å². The van der Waals surface area contributed by atoms with E-state index in [1.165, 1.54) is 0 Å². The summed E-state index contributed by atoms with van der Waals surface area (Å²) in [6.45, 7) is 5.47. The van der Waals surface area contributed by atoms with Crippen LogP contribution in [0.25, 0.3) is 0 Å². The fraction of sp³-hybridized carbons (Fsp3) is 0.526. The minimum absolute atomic E-state index is 0.151. The highest BCUT2D eigenvalue weighted by Crippen LogP contribution is 2.12. The van der Waals surface area contributed by atoms with Crippen molar-refractivity contribution < 1.29 is 23.9 Å². The van der Waals surface area contributed by atoms with Crippen molar-refractivity contribution in [1.29, 1.82) is 0 Å². The molecule has 1 fully saturated rings. The molecule has 1 heterocycles. The molecule has 1 aliphatic heterocycles. The van der Waals surface area contributed by atoms with Crippen molar-refractivity contribution in [3.63, 3.8) is 0 Å². The van der Waals surface area contributed by atoms with E-state index in [-0.39, 0.29) is 24.3 Å². The maximum absolute atomic E-state index is 12.5. The molecular formula is C19H27N3O5. The summed E-state index contributed by atoms with van der Waals surface area (Å²) in [6, 6.07) is 6.60. The highest BCUT2D eigenvalue weighted by Gasteiger charge is 2.28. The van der Waals surface area contributed by atoms with Crippen molar-refractivity contribution in [2.75, 3.05) is 39.9 Å². The van der Waals surface area contributed by atoms with Crippen molar-refractivity contribution in [3.8, 4) is 5.75 Å². The molecule has 148 valence electrons. The van der Waals surface area contributed by atoms with Crippen LogP contribution in [0.2, 0.25) is 0 Å². The number of hydrogen-bond acceptors (Lipinski definition) is 5. The van der Waals surface area contributed by atoms with Gasteiger partial charge >= 0.3 is 6.09 Å². The van der Waals surface area contributed by atoms with Crippen molar-refractivity contribution >= 4 is 17.9 Å². The Morgan fingerprint density at radius 3 is 2.22 bits per heavy atom. The predicted octanol–water partition coefficient (Wildman–Crippen LogP) is 1.04. The second-order valence-electron chi connectivity index (χ2n) is 6.33. The topological polar surface area (TPSA) is 88.2 Å². The van der Waals surface area contributed by atoms with E-state index in [0.717, 1.165) is 11.3 Å². The van der Waals surface area contributed by atoms with Gasteiger partial charge in [0.25, 0.3) is 0 Å². The minimum Gasteiger partial charge on any atom is -0.497 e. The average Bonchev–Trinajstić information content (AvgIpc) is 2.68. The maximum Gasteiger partial charge on any atom is 0.409 e. The van der Waals surface area contributed by atoms with Gasteiger partial charge in [-0.05, 0) is 31.5 Å². The Labute approximate surface area is 159 Å². The minimum atomic E-state index is -0.620. The normalized spacial score (nSPS) is 15.1. The number of nitrogens with zero attached hydrogens (tertiary/aromatic N) is 2. The fourth-order valence-electron chi connectivity index (χ4n) is 2.88. The zero-order valence-electron chi connectivity index (χ0n) is 16.1. The van der Waals surface area contributed by atoms with E-state index < -0.39 is 6.04 Å². The third kappa shape index (κ3) is 5.87. The summed E-state index contributed by atoms with van der Waals surface area (Å²) >= 11 is 0. The molecule has 0 bridgehead atoms. The Morgan fingerprint density at radius 1 is 1.07 bits per heavy atom. The zero-order valence-corrected chi connectivity index (χ0v) is 16.1. The van der Waals surface area contributed by atoms with Gasteiger partial charge in [0.15, 0.2) is 0 Å². The Morgan fingerprint density at radius 2 is 1.67 bits per heavy atom. The Balaban J connectivity index is 1.79. The van der Waals surface area contributed by atoms with Gasteiger partial charge in [-0.3, -0.25) is 9.59 Å². The van der Waals surface area contributed by atoms with Crippen LogP contribution in [0.1, 0.15) is 19.4 Å². The quantitative estimate of drug-likeness (QED) is 0.800. The van der Waals surface area contributed by atoms with Gasteiger partial charge in [0, 0.05) is 26.2 Å². The van der Waals surface area contributed by atoms with E-state index >= 15 is 0 Å². The van der Waals surface area contributed by atoms with Crippen LogP contribution in [0.3, 0.4) is 0 Å². The SMILES string of the molecule is CCOC(=O)N1CCN(C(=O)[C@H](C)NC(=O)Cc2ccc(OC)cc2)CC1. The molecule has 8 heteroatoms. The third-order valence-electron chi connectivity index (χ3n) is 4.39. The molecule has 1 saturated heterocycles. The number of amides is 3. The number of ether oxygens (including phenoxy) is 2. The monoisotopic (exact) mass is 377 g/mol. The first kappa shape index (κ1) is 20.5. The lowest BCUT2D eigenvalue weighted by atomic mass is 10.1. The number of carbonyl (C=O) groups excluding carboxylic acids is 3. The first-order valence-electron chi connectivity index (χ1n) is 9.07. The Kier molecular flexibility index (Phi) is 7.45. The van der Waals surface area contributed by atoms with Gasteiger partial charge in [-0.2, -0.15) is 0 Å². The molecule has 3 amide bonds. The van der Waals surface area contributed by atoms with Crippen molar-refractivity contribution in [2.24, 2.45) is 0 Å². The van der Waals surface area contributed by atoms with Gasteiger partial charge < -0.3 is 24.6 Å². The van der Waals surface area contributed by atoms with Gasteiger partial charge in [0.05, 0.1) is 20.1 Å². The van der Waals surface area contributed by atoms with Crippen LogP contribution in [0.15, 0.2) is 24.3 Å². The smallest absolute Gasteiger partial charge is 0.409 e. The van der Waals surface area contributed by atoms with Crippen LogP contribution in [0.5, 0.6) is 5.75 Å². The number of carbonyl (C=O) groups is 3. The molecule has 0 spiro atoms. The number of hydrogen-bond donors (Lipinski definition) is 1. The molecule has 1 aliphatic rings. The number of benzene rings is 1. The van der Waals surface area contributed by atoms with Crippen molar-refractivity contribution in [2.45, 2.75) is 26.3 Å². The van der Waals surface area contributed by atoms with E-state index in [2.05, 4.69) is 5.32 Å². The largest absolute Gasteiger partial charge is 0.497 e. The van der Waals surface area contributed by atoms with Gasteiger partial charge in [-0.25, -0.2) is 4.79 Å². The first-order chi connectivity index (χ1) is 12.9. The lowest BCUT2D eigenvalue weighted by Crippen LogP contribution is -2.55. The van der Waals surface area contributed by atoms with Gasteiger partial charge in [-0.15, -0.1) is 0 Å². The summed E-state index contributed by atoms with van der Waals surface area (Å²) in [6.07, 6.45) is -0.163. The van der Waals surface area contributed by atoms with Gasteiger partial charge in [0.1, 0.15) is 11.8 Å². The summed E-state index contributed by atoms with van der Waals surface area (Å²) in [5, 5.41) is 2.74. The fourth-order valence-corrected chi connectivity index (χ4v) is 2.88. The summed E-state index contributed by atoms with van der Waals surface area (Å²) in [4.78, 5) is 39.7. The molecule has 0 aliphatic carbocycles. The molecule has 0 saturated carbocycles. The van der Waals surface area contributed by atoms with Gasteiger partial charge in [0.2, 0.25) is 11.8 Å². The van der Waals surface area contributed by atoms with E-state index in [1.807, 2.05) is 12.1 Å². The summed E-state index contributed by atoms with van der Waals surface area (Å²) < 4.78 is 10.1. The molecule has 0 aromatic heterocycles. The van der Waals surface area contributed by atoms with Gasteiger partial charge in [-0.1, -0.05) is 12.1 Å². The molecule has 2 rings (SSSR count). The molecule has 8 nitrogen and oxygen atoms in total. The number of methoxy groups -OCH3 is 1. The zero-order chi connectivity index (χ0) is 19.8. The lowest BCUT2D eigenvalue weighted by molar-refractivity contribution is -0.137. The van der Waals surface area contributed by atoms with Crippen LogP contribution in [-0.2, 0) is 20.7 Å². The highest BCUT2D eigenvalue weighted by molar-refractivity contribution is 5.88. The second-order valence-corrected chi connectivity index (χ2v) is 6.33. The first-order valence-corrected chi connectivity index (χ1v) is 9.07. The predicted molar refractivity (Wildman–Crippen MR) is 99.5 cm³/mol. The van der Waals surface area contributed by atoms with E-state index in [4.69, 9.17) is 9.47 Å². The van der Waals surface area contributed by atoms with Crippen LogP contribution in [0.4, 0.5) is 4.79 Å². The van der Waals surface area contributed by atoms with Crippen LogP contribution in [-0.4, -0.2) is 73.6 Å². The molecule has 1 N–H and O–H groups in total. The van der Waals surface area contributed by atoms with Crippen LogP contribution < -0.4 is 10.1 Å². The van der Waals surface area contributed by atoms with Crippen molar-refractivity contribution in [1.82, 2.24) is 15.1 Å². The van der Waals surface area contributed by atoms with Crippen molar-refractivity contribution in [3.05, 3.63) is 29.8 Å². The number of piperazine rings is 1. The van der Waals surface area contributed by atoms with Crippen LogP contribution in [0, 0.1) is 0 Å². The summed E-state index contributed by atoms with van der Waals surface area (Å²) in [5.74, 6) is 0.359. The summed E-state index contributed by atoms with van der Waals surface area (Å²) in [7, 11) is 1.58. The highest BCUT2D eigenvalue weighted by atomic mass is 16.6. The Hall–Kier alpha value is -2.77. The molecule has 1 atom stereocenters. The maximum atomic E-state index is 12.5. The lowest BCUT2D eigenvalue weighted by Gasteiger charge is -2.35. The molecule has 0 unspecified atom stereocenters. The number of rotatable bonds is 6. The standard InChI is InChI=1S/C19H27N3O5/c1-4-27-19(25)22-11-9-21(10-12-22)18(24)14(2)20-17(23)13-15-5-7-16(26-3)8-6-15/h5-8,14H,4,9-13H2,1-3H3,(H,20,23)/t14-/m0/s1. The number of nitrogens with one attached hydrogen (secondary N) is 1. The van der Waals surface area contributed by atoms with E-state index in [9.17, 15) is 14.4 Å². The van der Waals surface area contributed by atoms with E-state index in [0.29, 0.717) is 32.8 Å².